The van der Waals surface area contributed by atoms with E-state index in [2.05, 4.69) is 53.4 Å². The van der Waals surface area contributed by atoms with Gasteiger partial charge in [-0.1, -0.05) is 54.6 Å². The molecule has 2 heterocycles. The zero-order chi connectivity index (χ0) is 20.2. The summed E-state index contributed by atoms with van der Waals surface area (Å²) in [6.07, 6.45) is 2.04. The van der Waals surface area contributed by atoms with Gasteiger partial charge in [0.25, 0.3) is 0 Å². The summed E-state index contributed by atoms with van der Waals surface area (Å²) in [5, 5.41) is 10.1. The highest BCUT2D eigenvalue weighted by molar-refractivity contribution is 5.77. The van der Waals surface area contributed by atoms with Crippen molar-refractivity contribution in [1.29, 1.82) is 0 Å². The van der Waals surface area contributed by atoms with Crippen LogP contribution in [0.3, 0.4) is 0 Å². The minimum absolute atomic E-state index is 0.0555. The number of ether oxygens (including phenoxy) is 1. The number of fused-ring (bicyclic) bond motifs is 1. The predicted molar refractivity (Wildman–Crippen MR) is 114 cm³/mol. The van der Waals surface area contributed by atoms with E-state index in [1.54, 1.807) is 7.11 Å². The highest BCUT2D eigenvalue weighted by Crippen LogP contribution is 2.42. The van der Waals surface area contributed by atoms with Crippen LogP contribution in [0.4, 0.5) is 0 Å². The van der Waals surface area contributed by atoms with E-state index < -0.39 is 0 Å². The Morgan fingerprint density at radius 1 is 1.03 bits per heavy atom. The number of amides is 1. The second-order valence-electron chi connectivity index (χ2n) is 8.05. The fourth-order valence-corrected chi connectivity index (χ4v) is 4.91. The maximum absolute atomic E-state index is 12.5. The van der Waals surface area contributed by atoms with E-state index in [9.17, 15) is 9.90 Å². The van der Waals surface area contributed by atoms with Crippen molar-refractivity contribution < 1.29 is 14.6 Å². The molecule has 2 aliphatic heterocycles. The van der Waals surface area contributed by atoms with Crippen LogP contribution in [0, 0.1) is 0 Å². The highest BCUT2D eigenvalue weighted by atomic mass is 16.5. The molecule has 3 atom stereocenters. The molecule has 2 aromatic carbocycles. The molecule has 2 fully saturated rings. The van der Waals surface area contributed by atoms with Crippen molar-refractivity contribution in [1.82, 2.24) is 9.80 Å². The Bertz CT molecular complexity index is 809. The topological polar surface area (TPSA) is 53.0 Å². The summed E-state index contributed by atoms with van der Waals surface area (Å²) in [7, 11) is 1.57. The van der Waals surface area contributed by atoms with Crippen LogP contribution in [-0.2, 0) is 9.53 Å². The normalized spacial score (nSPS) is 24.9. The minimum Gasteiger partial charge on any atom is -0.395 e. The first-order valence-electron chi connectivity index (χ1n) is 10.5. The molecule has 0 unspecified atom stereocenters. The summed E-state index contributed by atoms with van der Waals surface area (Å²) in [6.45, 7) is 2.75. The Balaban J connectivity index is 1.56. The molecule has 2 aliphatic rings. The van der Waals surface area contributed by atoms with Gasteiger partial charge in [-0.25, -0.2) is 0 Å². The van der Waals surface area contributed by atoms with E-state index in [0.717, 1.165) is 25.9 Å². The van der Waals surface area contributed by atoms with Crippen molar-refractivity contribution in [3.8, 4) is 11.1 Å². The maximum atomic E-state index is 12.5. The fourth-order valence-electron chi connectivity index (χ4n) is 4.91. The number of nitrogens with zero attached hydrogens (tertiary/aromatic N) is 2. The quantitative estimate of drug-likeness (QED) is 0.847. The molecule has 1 amide bonds. The molecule has 2 aromatic rings. The van der Waals surface area contributed by atoms with Crippen LogP contribution < -0.4 is 0 Å². The van der Waals surface area contributed by atoms with E-state index in [1.807, 2.05) is 11.0 Å². The van der Waals surface area contributed by atoms with Gasteiger partial charge >= 0.3 is 0 Å². The average Bonchev–Trinajstić information content (AvgIpc) is 2.74. The van der Waals surface area contributed by atoms with Crippen molar-refractivity contribution in [2.24, 2.45) is 0 Å². The number of aliphatic hydroxyl groups excluding tert-OH is 1. The summed E-state index contributed by atoms with van der Waals surface area (Å²) >= 11 is 0. The van der Waals surface area contributed by atoms with Crippen LogP contribution in [-0.4, -0.2) is 72.9 Å². The smallest absolute Gasteiger partial charge is 0.248 e. The lowest BCUT2D eigenvalue weighted by molar-refractivity contribution is -0.140. The lowest BCUT2D eigenvalue weighted by Gasteiger charge is -2.57. The van der Waals surface area contributed by atoms with Crippen molar-refractivity contribution in [2.75, 3.05) is 40.0 Å². The van der Waals surface area contributed by atoms with Gasteiger partial charge in [-0.05, 0) is 36.1 Å². The molecule has 0 aliphatic carbocycles. The summed E-state index contributed by atoms with van der Waals surface area (Å²) in [5.41, 5.74) is 3.64. The van der Waals surface area contributed by atoms with Gasteiger partial charge in [0.15, 0.2) is 0 Å². The molecule has 5 heteroatoms. The first-order chi connectivity index (χ1) is 14.2. The average molecular weight is 395 g/mol. The first kappa shape index (κ1) is 20.1. The van der Waals surface area contributed by atoms with Gasteiger partial charge in [-0.15, -0.1) is 0 Å². The zero-order valence-electron chi connectivity index (χ0n) is 17.0. The van der Waals surface area contributed by atoms with Crippen LogP contribution >= 0.6 is 0 Å². The molecule has 5 nitrogen and oxygen atoms in total. The maximum Gasteiger partial charge on any atom is 0.248 e. The van der Waals surface area contributed by atoms with Gasteiger partial charge in [0.1, 0.15) is 6.61 Å². The lowest BCUT2D eigenvalue weighted by Crippen LogP contribution is -2.68. The molecule has 29 heavy (non-hydrogen) atoms. The van der Waals surface area contributed by atoms with Crippen LogP contribution in [0.15, 0.2) is 54.6 Å². The third kappa shape index (κ3) is 4.08. The first-order valence-corrected chi connectivity index (χ1v) is 10.5. The Morgan fingerprint density at radius 2 is 1.72 bits per heavy atom. The molecule has 0 spiro atoms. The monoisotopic (exact) mass is 394 g/mol. The summed E-state index contributed by atoms with van der Waals surface area (Å²) in [6, 6.07) is 19.4. The third-order valence-corrected chi connectivity index (χ3v) is 6.39. The Morgan fingerprint density at radius 3 is 2.41 bits per heavy atom. The van der Waals surface area contributed by atoms with Crippen LogP contribution in [0.2, 0.25) is 0 Å². The number of aliphatic hydroxyl groups is 1. The Hall–Kier alpha value is -2.21. The lowest BCUT2D eigenvalue weighted by atomic mass is 9.74. The standard InChI is InChI=1S/C24H30N2O3/c1-29-17-23(28)25-13-5-6-14-26-21(15-25)24(22(26)16-27)20-11-9-19(10-12-20)18-7-3-2-4-8-18/h2-4,7-12,21-22,24,27H,5-6,13-17H2,1H3/t21-,22+,24-/m0/s1. The summed E-state index contributed by atoms with van der Waals surface area (Å²) in [5.74, 6) is 0.292. The molecule has 0 radical (unpaired) electrons. The van der Waals surface area contributed by atoms with Crippen molar-refractivity contribution in [2.45, 2.75) is 30.8 Å². The molecular weight excluding hydrogens is 364 g/mol. The fraction of sp³-hybridized carbons (Fsp3) is 0.458. The van der Waals surface area contributed by atoms with Gasteiger partial charge in [-0.3, -0.25) is 9.69 Å². The number of methoxy groups -OCH3 is 1. The van der Waals surface area contributed by atoms with Gasteiger partial charge in [0.2, 0.25) is 5.91 Å². The summed E-state index contributed by atoms with van der Waals surface area (Å²) < 4.78 is 5.07. The largest absolute Gasteiger partial charge is 0.395 e. The van der Waals surface area contributed by atoms with E-state index in [-0.39, 0.29) is 37.1 Å². The SMILES string of the molecule is COCC(=O)N1CCCCN2[C@H](CO)[C@@H](c3ccc(-c4ccccc4)cc3)[C@@H]2C1. The van der Waals surface area contributed by atoms with Gasteiger partial charge in [-0.2, -0.15) is 0 Å². The second-order valence-corrected chi connectivity index (χ2v) is 8.05. The number of carbonyl (C=O) groups is 1. The number of rotatable bonds is 5. The van der Waals surface area contributed by atoms with E-state index in [4.69, 9.17) is 4.74 Å². The number of hydrogen-bond donors (Lipinski definition) is 1. The van der Waals surface area contributed by atoms with Crippen molar-refractivity contribution >= 4 is 5.91 Å². The molecule has 0 bridgehead atoms. The van der Waals surface area contributed by atoms with Gasteiger partial charge in [0.05, 0.1) is 6.61 Å². The van der Waals surface area contributed by atoms with Crippen molar-refractivity contribution in [3.63, 3.8) is 0 Å². The second kappa shape index (κ2) is 9.08. The zero-order valence-corrected chi connectivity index (χ0v) is 17.0. The molecular formula is C24H30N2O3. The number of benzene rings is 2. The summed E-state index contributed by atoms with van der Waals surface area (Å²) in [4.78, 5) is 16.8. The number of carbonyl (C=O) groups excluding carboxylic acids is 1. The molecule has 0 saturated carbocycles. The van der Waals surface area contributed by atoms with E-state index in [0.29, 0.717) is 6.54 Å². The Labute approximate surface area is 172 Å². The van der Waals surface area contributed by atoms with Crippen LogP contribution in [0.1, 0.15) is 24.3 Å². The Kier molecular flexibility index (Phi) is 6.28. The molecule has 4 rings (SSSR count). The molecule has 154 valence electrons. The predicted octanol–water partition coefficient (Wildman–Crippen LogP) is 2.75. The highest BCUT2D eigenvalue weighted by Gasteiger charge is 2.49. The van der Waals surface area contributed by atoms with E-state index >= 15 is 0 Å². The molecule has 0 aromatic heterocycles. The molecule has 1 N–H and O–H groups in total. The van der Waals surface area contributed by atoms with Gasteiger partial charge in [0, 0.05) is 38.2 Å². The van der Waals surface area contributed by atoms with Crippen molar-refractivity contribution in [3.05, 3.63) is 60.2 Å². The number of hydrogen-bond acceptors (Lipinski definition) is 4. The van der Waals surface area contributed by atoms with Crippen LogP contribution in [0.25, 0.3) is 11.1 Å². The van der Waals surface area contributed by atoms with Crippen LogP contribution in [0.5, 0.6) is 0 Å². The van der Waals surface area contributed by atoms with Gasteiger partial charge < -0.3 is 14.7 Å². The van der Waals surface area contributed by atoms with E-state index in [1.165, 1.54) is 16.7 Å². The third-order valence-electron chi connectivity index (χ3n) is 6.39. The molecule has 2 saturated heterocycles. The minimum atomic E-state index is 0.0555.